The molecule has 0 spiro atoms. The molecule has 19 heavy (non-hydrogen) atoms. The molecule has 0 unspecified atom stereocenters. The molecule has 1 aromatic carbocycles. The van der Waals surface area contributed by atoms with Gasteiger partial charge in [-0.2, -0.15) is 8.42 Å². The summed E-state index contributed by atoms with van der Waals surface area (Å²) in [4.78, 5) is 15.0. The van der Waals surface area contributed by atoms with E-state index in [1.165, 1.54) is 30.7 Å². The Morgan fingerprint density at radius 1 is 1.37 bits per heavy atom. The molecule has 1 N–H and O–H groups in total. The molecule has 0 saturated carbocycles. The molecule has 0 aliphatic carbocycles. The predicted octanol–water partition coefficient (Wildman–Crippen LogP) is 1.33. The number of benzene rings is 1. The van der Waals surface area contributed by atoms with Crippen molar-refractivity contribution < 1.29 is 17.1 Å². The van der Waals surface area contributed by atoms with E-state index >= 15 is 0 Å². The van der Waals surface area contributed by atoms with Gasteiger partial charge in [0.1, 0.15) is 10.6 Å². The number of nitrogens with zero attached hydrogens (tertiary/aromatic N) is 2. The van der Waals surface area contributed by atoms with E-state index in [9.17, 15) is 17.1 Å². The third-order valence-electron chi connectivity index (χ3n) is 2.34. The van der Waals surface area contributed by atoms with Gasteiger partial charge in [-0.15, -0.1) is 3.89 Å². The van der Waals surface area contributed by atoms with Crippen LogP contribution in [-0.2, 0) is 17.3 Å². The minimum atomic E-state index is -4.90. The molecular weight excluding hydrogens is 273 g/mol. The first-order valence-electron chi connectivity index (χ1n) is 5.21. The number of aromatic nitrogens is 2. The number of carbonyl (C=O) groups excluding carboxylic acids is 1. The van der Waals surface area contributed by atoms with Gasteiger partial charge >= 0.3 is 10.2 Å². The zero-order valence-electron chi connectivity index (χ0n) is 9.87. The van der Waals surface area contributed by atoms with Crippen LogP contribution in [0.25, 0.3) is 0 Å². The summed E-state index contributed by atoms with van der Waals surface area (Å²) < 4.78 is 36.5. The molecule has 100 valence electrons. The SMILES string of the molecule is Cn1cnc(C(=O)Nc2ccccc2S(=O)(=O)F)c1. The highest BCUT2D eigenvalue weighted by atomic mass is 32.3. The smallest absolute Gasteiger partial charge is 0.334 e. The summed E-state index contributed by atoms with van der Waals surface area (Å²) in [5.74, 6) is -0.614. The van der Waals surface area contributed by atoms with Gasteiger partial charge in [0.2, 0.25) is 0 Å². The van der Waals surface area contributed by atoms with E-state index in [0.29, 0.717) is 0 Å². The number of rotatable bonds is 3. The maximum Gasteiger partial charge on any atom is 0.334 e. The molecule has 0 saturated heterocycles. The number of para-hydroxylation sites is 1. The fourth-order valence-electron chi connectivity index (χ4n) is 1.50. The van der Waals surface area contributed by atoms with E-state index in [0.717, 1.165) is 6.07 Å². The van der Waals surface area contributed by atoms with Crippen molar-refractivity contribution in [3.05, 3.63) is 42.5 Å². The number of carbonyl (C=O) groups is 1. The van der Waals surface area contributed by atoms with E-state index in [1.54, 1.807) is 11.6 Å². The third-order valence-corrected chi connectivity index (χ3v) is 3.22. The first-order valence-corrected chi connectivity index (χ1v) is 6.59. The van der Waals surface area contributed by atoms with Crippen LogP contribution in [0.1, 0.15) is 10.5 Å². The Kier molecular flexibility index (Phi) is 3.34. The zero-order valence-corrected chi connectivity index (χ0v) is 10.7. The normalized spacial score (nSPS) is 11.3. The van der Waals surface area contributed by atoms with Crippen molar-refractivity contribution in [3.8, 4) is 0 Å². The van der Waals surface area contributed by atoms with Crippen molar-refractivity contribution in [1.29, 1.82) is 0 Å². The summed E-state index contributed by atoms with van der Waals surface area (Å²) in [5, 5.41) is 2.31. The van der Waals surface area contributed by atoms with Crippen LogP contribution in [0.4, 0.5) is 9.57 Å². The lowest BCUT2D eigenvalue weighted by molar-refractivity contribution is 0.102. The van der Waals surface area contributed by atoms with E-state index < -0.39 is 21.0 Å². The Morgan fingerprint density at radius 2 is 2.05 bits per heavy atom. The monoisotopic (exact) mass is 283 g/mol. The molecule has 1 aromatic heterocycles. The van der Waals surface area contributed by atoms with Crippen LogP contribution in [0.3, 0.4) is 0 Å². The first kappa shape index (κ1) is 13.2. The number of aryl methyl sites for hydroxylation is 1. The third kappa shape index (κ3) is 2.97. The minimum absolute atomic E-state index is 0.105. The van der Waals surface area contributed by atoms with Gasteiger partial charge in [0.15, 0.2) is 0 Å². The first-order chi connectivity index (χ1) is 8.88. The maximum atomic E-state index is 13.0. The molecule has 2 aromatic rings. The number of imidazole rings is 1. The van der Waals surface area contributed by atoms with Gasteiger partial charge in [-0.3, -0.25) is 4.79 Å². The van der Waals surface area contributed by atoms with Gasteiger partial charge in [-0.05, 0) is 12.1 Å². The molecule has 0 radical (unpaired) electrons. The Labute approximate surface area is 109 Å². The zero-order chi connectivity index (χ0) is 14.0. The lowest BCUT2D eigenvalue weighted by Gasteiger charge is -2.06. The van der Waals surface area contributed by atoms with Crippen LogP contribution < -0.4 is 5.32 Å². The molecule has 0 fully saturated rings. The van der Waals surface area contributed by atoms with Crippen molar-refractivity contribution in [2.75, 3.05) is 5.32 Å². The maximum absolute atomic E-state index is 13.0. The largest absolute Gasteiger partial charge is 0.340 e. The Hall–Kier alpha value is -2.22. The van der Waals surface area contributed by atoms with Crippen LogP contribution in [0.5, 0.6) is 0 Å². The van der Waals surface area contributed by atoms with Gasteiger partial charge in [0, 0.05) is 13.2 Å². The van der Waals surface area contributed by atoms with Gasteiger partial charge in [0.05, 0.1) is 12.0 Å². The molecule has 0 aliphatic rings. The summed E-state index contributed by atoms with van der Waals surface area (Å²) in [6.45, 7) is 0. The second-order valence-corrected chi connectivity index (χ2v) is 5.13. The summed E-state index contributed by atoms with van der Waals surface area (Å²) in [6.07, 6.45) is 2.88. The van der Waals surface area contributed by atoms with Gasteiger partial charge < -0.3 is 9.88 Å². The number of halogens is 1. The summed E-state index contributed by atoms with van der Waals surface area (Å²) >= 11 is 0. The molecule has 0 aliphatic heterocycles. The quantitative estimate of drug-likeness (QED) is 0.862. The molecular formula is C11H10FN3O3S. The summed E-state index contributed by atoms with van der Waals surface area (Å²) in [6, 6.07) is 5.22. The van der Waals surface area contributed by atoms with Crippen LogP contribution in [0.15, 0.2) is 41.7 Å². The minimum Gasteiger partial charge on any atom is -0.340 e. The van der Waals surface area contributed by atoms with E-state index in [1.807, 2.05) is 0 Å². The highest BCUT2D eigenvalue weighted by Gasteiger charge is 2.19. The molecule has 1 amide bonds. The van der Waals surface area contributed by atoms with Crippen LogP contribution in [-0.4, -0.2) is 23.9 Å². The predicted molar refractivity (Wildman–Crippen MR) is 65.9 cm³/mol. The molecule has 0 bridgehead atoms. The average Bonchev–Trinajstić information content (AvgIpc) is 2.75. The average molecular weight is 283 g/mol. The van der Waals surface area contributed by atoms with Crippen LogP contribution in [0.2, 0.25) is 0 Å². The van der Waals surface area contributed by atoms with Crippen LogP contribution >= 0.6 is 0 Å². The Balaban J connectivity index is 2.32. The molecule has 8 heteroatoms. The lowest BCUT2D eigenvalue weighted by Crippen LogP contribution is -2.14. The molecule has 1 heterocycles. The molecule has 0 atom stereocenters. The van der Waals surface area contributed by atoms with E-state index in [-0.39, 0.29) is 11.4 Å². The van der Waals surface area contributed by atoms with E-state index in [4.69, 9.17) is 0 Å². The topological polar surface area (TPSA) is 81.1 Å². The summed E-state index contributed by atoms with van der Waals surface area (Å²) in [7, 11) is -3.21. The van der Waals surface area contributed by atoms with Crippen molar-refractivity contribution in [1.82, 2.24) is 9.55 Å². The second-order valence-electron chi connectivity index (χ2n) is 3.81. The number of hydrogen-bond acceptors (Lipinski definition) is 4. The fourth-order valence-corrected chi connectivity index (χ4v) is 2.12. The molecule has 2 rings (SSSR count). The van der Waals surface area contributed by atoms with Gasteiger partial charge in [-0.1, -0.05) is 12.1 Å². The van der Waals surface area contributed by atoms with Crippen molar-refractivity contribution in [2.45, 2.75) is 4.90 Å². The standard InChI is InChI=1S/C11H10FN3O3S/c1-15-6-9(13-7-15)11(16)14-8-4-2-3-5-10(8)19(12,17)18/h2-7H,1H3,(H,14,16). The van der Waals surface area contributed by atoms with Gasteiger partial charge in [0.25, 0.3) is 5.91 Å². The van der Waals surface area contributed by atoms with Crippen LogP contribution in [0, 0.1) is 0 Å². The fraction of sp³-hybridized carbons (Fsp3) is 0.0909. The number of amides is 1. The molecule has 6 nitrogen and oxygen atoms in total. The summed E-state index contributed by atoms with van der Waals surface area (Å²) in [5.41, 5.74) is -0.0192. The lowest BCUT2D eigenvalue weighted by atomic mass is 10.3. The van der Waals surface area contributed by atoms with Crippen molar-refractivity contribution in [2.24, 2.45) is 7.05 Å². The Morgan fingerprint density at radius 3 is 2.63 bits per heavy atom. The Bertz CT molecular complexity index is 724. The highest BCUT2D eigenvalue weighted by molar-refractivity contribution is 7.86. The number of anilines is 1. The number of hydrogen-bond donors (Lipinski definition) is 1. The second kappa shape index (κ2) is 4.81. The van der Waals surface area contributed by atoms with Crippen molar-refractivity contribution in [3.63, 3.8) is 0 Å². The highest BCUT2D eigenvalue weighted by Crippen LogP contribution is 2.22. The number of nitrogens with one attached hydrogen (secondary N) is 1. The van der Waals surface area contributed by atoms with E-state index in [2.05, 4.69) is 10.3 Å². The van der Waals surface area contributed by atoms with Gasteiger partial charge in [-0.25, -0.2) is 4.98 Å². The van der Waals surface area contributed by atoms with Crippen molar-refractivity contribution >= 4 is 21.8 Å².